The monoisotopic (exact) mass is 341 g/mol. The van der Waals surface area contributed by atoms with Crippen LogP contribution in [0.25, 0.3) is 0 Å². The molecule has 1 aromatic carbocycles. The van der Waals surface area contributed by atoms with Crippen LogP contribution < -0.4 is 10.5 Å². The zero-order chi connectivity index (χ0) is 18.4. The number of aromatic nitrogens is 1. The third kappa shape index (κ3) is 5.31. The van der Waals surface area contributed by atoms with Crippen LogP contribution in [0, 0.1) is 0 Å². The van der Waals surface area contributed by atoms with E-state index in [1.807, 2.05) is 24.3 Å². The van der Waals surface area contributed by atoms with Crippen molar-refractivity contribution < 1.29 is 14.4 Å². The highest BCUT2D eigenvalue weighted by atomic mass is 16.7. The van der Waals surface area contributed by atoms with Crippen molar-refractivity contribution >= 4 is 11.8 Å². The van der Waals surface area contributed by atoms with Gasteiger partial charge in [-0.2, -0.15) is 0 Å². The van der Waals surface area contributed by atoms with Crippen LogP contribution >= 0.6 is 0 Å². The number of amidine groups is 1. The predicted octanol–water partition coefficient (Wildman–Crippen LogP) is 3.01. The Kier molecular flexibility index (Phi) is 5.75. The number of ether oxygens (including phenoxy) is 1. The van der Waals surface area contributed by atoms with E-state index in [1.54, 1.807) is 31.5 Å². The number of nitrogens with zero attached hydrogens (tertiary/aromatic N) is 2. The topological polar surface area (TPSA) is 86.8 Å². The first-order valence-electron chi connectivity index (χ1n) is 7.99. The van der Waals surface area contributed by atoms with Crippen molar-refractivity contribution in [2.75, 3.05) is 0 Å². The molecular formula is C19H23N3O3. The van der Waals surface area contributed by atoms with Gasteiger partial charge in [-0.3, -0.25) is 4.98 Å². The second-order valence-electron chi connectivity index (χ2n) is 6.66. The molecule has 6 nitrogen and oxygen atoms in total. The van der Waals surface area contributed by atoms with Gasteiger partial charge in [0, 0.05) is 18.0 Å². The highest BCUT2D eigenvalue weighted by Gasteiger charge is 2.18. The molecule has 1 unspecified atom stereocenters. The Balaban J connectivity index is 1.94. The van der Waals surface area contributed by atoms with E-state index < -0.39 is 12.1 Å². The van der Waals surface area contributed by atoms with Gasteiger partial charge in [0.15, 0.2) is 11.9 Å². The van der Waals surface area contributed by atoms with Crippen molar-refractivity contribution in [1.82, 2.24) is 4.98 Å². The van der Waals surface area contributed by atoms with Gasteiger partial charge in [0.25, 0.3) is 0 Å². The van der Waals surface area contributed by atoms with Crippen molar-refractivity contribution in [2.45, 2.75) is 39.2 Å². The van der Waals surface area contributed by atoms with E-state index in [2.05, 4.69) is 30.9 Å². The van der Waals surface area contributed by atoms with Gasteiger partial charge in [0.1, 0.15) is 5.75 Å². The molecule has 1 heterocycles. The number of oxime groups is 1. The van der Waals surface area contributed by atoms with Gasteiger partial charge in [-0.05, 0) is 42.2 Å². The molecule has 2 aromatic rings. The molecule has 0 saturated heterocycles. The molecule has 0 amide bonds. The van der Waals surface area contributed by atoms with Gasteiger partial charge >= 0.3 is 5.97 Å². The Hall–Kier alpha value is -2.89. The quantitative estimate of drug-likeness (QED) is 0.391. The summed E-state index contributed by atoms with van der Waals surface area (Å²) in [6, 6.07) is 11.0. The largest absolute Gasteiger partial charge is 0.479 e. The fourth-order valence-corrected chi connectivity index (χ4v) is 2.03. The first kappa shape index (κ1) is 18.4. The zero-order valence-corrected chi connectivity index (χ0v) is 14.9. The van der Waals surface area contributed by atoms with Crippen molar-refractivity contribution in [3.8, 4) is 5.75 Å². The van der Waals surface area contributed by atoms with E-state index in [4.69, 9.17) is 15.3 Å². The predicted molar refractivity (Wildman–Crippen MR) is 96.3 cm³/mol. The third-order valence-corrected chi connectivity index (χ3v) is 3.58. The molecule has 0 aliphatic rings. The lowest BCUT2D eigenvalue weighted by molar-refractivity contribution is -0.151. The Morgan fingerprint density at radius 3 is 2.28 bits per heavy atom. The maximum Gasteiger partial charge on any atom is 0.374 e. The van der Waals surface area contributed by atoms with Crippen molar-refractivity contribution in [1.29, 1.82) is 0 Å². The van der Waals surface area contributed by atoms with Crippen LogP contribution in [-0.4, -0.2) is 22.9 Å². The first-order valence-corrected chi connectivity index (χ1v) is 7.99. The number of rotatable bonds is 5. The molecule has 25 heavy (non-hydrogen) atoms. The summed E-state index contributed by atoms with van der Waals surface area (Å²) >= 11 is 0. The SMILES string of the molecule is CC(Oc1ccc(C(C)(C)C)cc1)C(=O)ON=C(N)c1ccncc1. The van der Waals surface area contributed by atoms with Crippen LogP contribution in [0.5, 0.6) is 5.75 Å². The minimum absolute atomic E-state index is 0.0578. The summed E-state index contributed by atoms with van der Waals surface area (Å²) in [6.45, 7) is 7.99. The normalized spacial score (nSPS) is 13.2. The molecule has 2 N–H and O–H groups in total. The molecule has 0 fully saturated rings. The van der Waals surface area contributed by atoms with Crippen molar-refractivity contribution in [2.24, 2.45) is 10.9 Å². The minimum atomic E-state index is -0.811. The first-order chi connectivity index (χ1) is 11.8. The smallest absolute Gasteiger partial charge is 0.374 e. The summed E-state index contributed by atoms with van der Waals surface area (Å²) in [5.74, 6) is 0.0536. The minimum Gasteiger partial charge on any atom is -0.479 e. The van der Waals surface area contributed by atoms with Crippen molar-refractivity contribution in [3.05, 3.63) is 59.9 Å². The molecular weight excluding hydrogens is 318 g/mol. The Bertz CT molecular complexity index is 735. The van der Waals surface area contributed by atoms with Crippen LogP contribution in [0.2, 0.25) is 0 Å². The summed E-state index contributed by atoms with van der Waals surface area (Å²) in [5, 5.41) is 3.64. The van der Waals surface area contributed by atoms with Crippen LogP contribution in [0.3, 0.4) is 0 Å². The summed E-state index contributed by atoms with van der Waals surface area (Å²) in [4.78, 5) is 20.7. The number of carbonyl (C=O) groups excluding carboxylic acids is 1. The number of pyridine rings is 1. The molecule has 0 saturated carbocycles. The highest BCUT2D eigenvalue weighted by Crippen LogP contribution is 2.24. The van der Waals surface area contributed by atoms with E-state index in [-0.39, 0.29) is 11.3 Å². The van der Waals surface area contributed by atoms with E-state index >= 15 is 0 Å². The van der Waals surface area contributed by atoms with E-state index in [0.717, 1.165) is 0 Å². The third-order valence-electron chi connectivity index (χ3n) is 3.58. The lowest BCUT2D eigenvalue weighted by atomic mass is 9.87. The fourth-order valence-electron chi connectivity index (χ4n) is 2.03. The molecule has 132 valence electrons. The molecule has 6 heteroatoms. The molecule has 0 radical (unpaired) electrons. The molecule has 1 aromatic heterocycles. The average Bonchev–Trinajstić information content (AvgIpc) is 2.59. The van der Waals surface area contributed by atoms with Gasteiger partial charge in [-0.1, -0.05) is 38.1 Å². The van der Waals surface area contributed by atoms with Gasteiger partial charge < -0.3 is 15.3 Å². The number of benzene rings is 1. The standard InChI is InChI=1S/C19H23N3O3/c1-13(24-16-7-5-15(6-8-16)19(2,3)4)18(23)25-22-17(20)14-9-11-21-12-10-14/h5-13H,1-4H3,(H2,20,22). The van der Waals surface area contributed by atoms with Gasteiger partial charge in [0.2, 0.25) is 0 Å². The van der Waals surface area contributed by atoms with Crippen LogP contribution in [-0.2, 0) is 15.0 Å². The maximum absolute atomic E-state index is 12.0. The second kappa shape index (κ2) is 7.79. The Morgan fingerprint density at radius 2 is 1.72 bits per heavy atom. The Labute approximate surface area is 147 Å². The number of carbonyl (C=O) groups is 1. The zero-order valence-electron chi connectivity index (χ0n) is 14.9. The molecule has 0 aliphatic carbocycles. The van der Waals surface area contributed by atoms with Crippen LogP contribution in [0.15, 0.2) is 53.9 Å². The van der Waals surface area contributed by atoms with Crippen LogP contribution in [0.1, 0.15) is 38.8 Å². The lowest BCUT2D eigenvalue weighted by Gasteiger charge is -2.19. The lowest BCUT2D eigenvalue weighted by Crippen LogP contribution is -2.26. The highest BCUT2D eigenvalue weighted by molar-refractivity contribution is 5.97. The maximum atomic E-state index is 12.0. The molecule has 1 atom stereocenters. The van der Waals surface area contributed by atoms with Gasteiger partial charge in [-0.15, -0.1) is 0 Å². The van der Waals surface area contributed by atoms with E-state index in [0.29, 0.717) is 11.3 Å². The van der Waals surface area contributed by atoms with E-state index in [9.17, 15) is 4.79 Å². The number of nitrogens with two attached hydrogens (primary N) is 1. The van der Waals surface area contributed by atoms with Gasteiger partial charge in [0.05, 0.1) is 0 Å². The molecule has 2 rings (SSSR count). The molecule has 0 spiro atoms. The number of hydrogen-bond donors (Lipinski definition) is 1. The fraction of sp³-hybridized carbons (Fsp3) is 0.316. The van der Waals surface area contributed by atoms with Crippen molar-refractivity contribution in [3.63, 3.8) is 0 Å². The summed E-state index contributed by atoms with van der Waals surface area (Å²) < 4.78 is 5.59. The summed E-state index contributed by atoms with van der Waals surface area (Å²) in [6.07, 6.45) is 2.34. The summed E-state index contributed by atoms with van der Waals surface area (Å²) in [5.41, 5.74) is 7.62. The number of hydrogen-bond acceptors (Lipinski definition) is 5. The van der Waals surface area contributed by atoms with Crippen LogP contribution in [0.4, 0.5) is 0 Å². The second-order valence-corrected chi connectivity index (χ2v) is 6.66. The van der Waals surface area contributed by atoms with Gasteiger partial charge in [-0.25, -0.2) is 4.79 Å². The molecule has 0 bridgehead atoms. The summed E-state index contributed by atoms with van der Waals surface area (Å²) in [7, 11) is 0. The Morgan fingerprint density at radius 1 is 1.12 bits per heavy atom. The average molecular weight is 341 g/mol. The molecule has 0 aliphatic heterocycles. The van der Waals surface area contributed by atoms with E-state index in [1.165, 1.54) is 5.56 Å².